The number of quaternary nitrogens is 1. The van der Waals surface area contributed by atoms with Crippen LogP contribution in [0.3, 0.4) is 0 Å². The van der Waals surface area contributed by atoms with Gasteiger partial charge in [0.1, 0.15) is 0 Å². The molecule has 0 aliphatic carbocycles. The molecule has 0 amide bonds. The van der Waals surface area contributed by atoms with E-state index in [0.29, 0.717) is 0 Å². The van der Waals surface area contributed by atoms with Crippen LogP contribution in [0.25, 0.3) is 17.0 Å². The summed E-state index contributed by atoms with van der Waals surface area (Å²) in [6.45, 7) is 4.39. The van der Waals surface area contributed by atoms with Crippen LogP contribution in [0.4, 0.5) is 5.69 Å². The fraction of sp³-hybridized carbons (Fsp3) is 0.320. The SMILES string of the molecule is Cc1cc(/C=C2\Oc3ccccc3N2C)c2ccccc2[n+]1CCC[N+](C)(C)C. The second-order valence-electron chi connectivity index (χ2n) is 8.89. The highest BCUT2D eigenvalue weighted by molar-refractivity contribution is 5.87. The molecular weight excluding hydrogens is 358 g/mol. The average molecular weight is 390 g/mol. The molecule has 4 nitrogen and oxygen atoms in total. The van der Waals surface area contributed by atoms with Crippen molar-refractivity contribution < 1.29 is 13.8 Å². The normalized spacial score (nSPS) is 15.1. The summed E-state index contributed by atoms with van der Waals surface area (Å²) in [7, 11) is 8.81. The van der Waals surface area contributed by atoms with Crippen molar-refractivity contribution in [2.45, 2.75) is 19.9 Å². The zero-order chi connectivity index (χ0) is 20.6. The number of anilines is 1. The van der Waals surface area contributed by atoms with Crippen molar-refractivity contribution in [1.29, 1.82) is 0 Å². The van der Waals surface area contributed by atoms with E-state index in [2.05, 4.69) is 87.1 Å². The van der Waals surface area contributed by atoms with Crippen LogP contribution in [0, 0.1) is 6.92 Å². The van der Waals surface area contributed by atoms with Crippen LogP contribution in [-0.4, -0.2) is 39.2 Å². The Bertz CT molecular complexity index is 1080. The maximum Gasteiger partial charge on any atom is 0.213 e. The van der Waals surface area contributed by atoms with Crippen LogP contribution in [0.5, 0.6) is 5.75 Å². The molecule has 1 aromatic heterocycles. The molecule has 150 valence electrons. The lowest BCUT2D eigenvalue weighted by atomic mass is 10.1. The lowest BCUT2D eigenvalue weighted by molar-refractivity contribution is -0.873. The summed E-state index contributed by atoms with van der Waals surface area (Å²) < 4.78 is 9.56. The van der Waals surface area contributed by atoms with Gasteiger partial charge in [0.25, 0.3) is 0 Å². The highest BCUT2D eigenvalue weighted by Gasteiger charge is 2.24. The van der Waals surface area contributed by atoms with Crippen LogP contribution < -0.4 is 14.2 Å². The first kappa shape index (κ1) is 19.5. The van der Waals surface area contributed by atoms with Crippen molar-refractivity contribution in [3.8, 4) is 5.75 Å². The number of pyridine rings is 1. The molecule has 2 heterocycles. The molecule has 1 aliphatic heterocycles. The third-order valence-electron chi connectivity index (χ3n) is 5.56. The second kappa shape index (κ2) is 7.53. The quantitative estimate of drug-likeness (QED) is 0.476. The number of hydrogen-bond donors (Lipinski definition) is 0. The first-order valence-corrected chi connectivity index (χ1v) is 10.3. The molecule has 0 atom stereocenters. The molecule has 0 radical (unpaired) electrons. The van der Waals surface area contributed by atoms with Gasteiger partial charge in [-0.3, -0.25) is 0 Å². The van der Waals surface area contributed by atoms with Crippen molar-refractivity contribution in [3.63, 3.8) is 0 Å². The maximum atomic E-state index is 6.12. The first-order valence-electron chi connectivity index (χ1n) is 10.3. The second-order valence-corrected chi connectivity index (χ2v) is 8.89. The lowest BCUT2D eigenvalue weighted by Gasteiger charge is -2.23. The van der Waals surface area contributed by atoms with E-state index < -0.39 is 0 Å². The van der Waals surface area contributed by atoms with Crippen molar-refractivity contribution in [2.24, 2.45) is 0 Å². The number of fused-ring (bicyclic) bond motifs is 2. The largest absolute Gasteiger partial charge is 0.439 e. The molecule has 2 aromatic carbocycles. The number of nitrogens with zero attached hydrogens (tertiary/aromatic N) is 3. The Hall–Kier alpha value is -2.85. The Balaban J connectivity index is 1.71. The van der Waals surface area contributed by atoms with Gasteiger partial charge in [-0.05, 0) is 23.8 Å². The summed E-state index contributed by atoms with van der Waals surface area (Å²) in [5, 5.41) is 1.25. The zero-order valence-corrected chi connectivity index (χ0v) is 18.1. The Kier molecular flexibility index (Phi) is 5.05. The van der Waals surface area contributed by atoms with E-state index in [4.69, 9.17) is 4.74 Å². The van der Waals surface area contributed by atoms with Gasteiger partial charge in [-0.25, -0.2) is 0 Å². The third kappa shape index (κ3) is 3.99. The van der Waals surface area contributed by atoms with Crippen molar-refractivity contribution in [1.82, 2.24) is 0 Å². The van der Waals surface area contributed by atoms with Gasteiger partial charge in [-0.15, -0.1) is 0 Å². The highest BCUT2D eigenvalue weighted by atomic mass is 16.5. The fourth-order valence-electron chi connectivity index (χ4n) is 4.02. The van der Waals surface area contributed by atoms with Crippen LogP contribution in [0.15, 0.2) is 60.5 Å². The number of aromatic nitrogens is 1. The van der Waals surface area contributed by atoms with Crippen LogP contribution in [0.2, 0.25) is 0 Å². The van der Waals surface area contributed by atoms with Gasteiger partial charge in [0.15, 0.2) is 18.0 Å². The summed E-state index contributed by atoms with van der Waals surface area (Å²) in [6, 6.07) is 19.1. The molecule has 29 heavy (non-hydrogen) atoms. The minimum atomic E-state index is 0.860. The van der Waals surface area contributed by atoms with Crippen molar-refractivity contribution >= 4 is 22.7 Å². The number of rotatable bonds is 5. The molecular formula is C25H31N3O+2. The number of aryl methyl sites for hydroxylation is 2. The molecule has 3 aromatic rings. The Morgan fingerprint density at radius 1 is 1.03 bits per heavy atom. The van der Waals surface area contributed by atoms with Gasteiger partial charge < -0.3 is 14.1 Å². The minimum absolute atomic E-state index is 0.860. The molecule has 0 bridgehead atoms. The van der Waals surface area contributed by atoms with E-state index in [1.165, 1.54) is 22.2 Å². The molecule has 1 aliphatic rings. The zero-order valence-electron chi connectivity index (χ0n) is 18.1. The summed E-state index contributed by atoms with van der Waals surface area (Å²) >= 11 is 0. The molecule has 0 spiro atoms. The van der Waals surface area contributed by atoms with Gasteiger partial charge in [-0.1, -0.05) is 24.3 Å². The monoisotopic (exact) mass is 389 g/mol. The van der Waals surface area contributed by atoms with Gasteiger partial charge in [0.05, 0.1) is 45.2 Å². The number of benzene rings is 2. The van der Waals surface area contributed by atoms with Crippen LogP contribution in [-0.2, 0) is 6.54 Å². The van der Waals surface area contributed by atoms with E-state index in [0.717, 1.165) is 41.3 Å². The molecule has 0 unspecified atom stereocenters. The van der Waals surface area contributed by atoms with E-state index in [-0.39, 0.29) is 0 Å². The molecule has 0 fully saturated rings. The van der Waals surface area contributed by atoms with Crippen LogP contribution >= 0.6 is 0 Å². The smallest absolute Gasteiger partial charge is 0.213 e. The summed E-state index contributed by atoms with van der Waals surface area (Å²) in [6.07, 6.45) is 3.31. The van der Waals surface area contributed by atoms with Gasteiger partial charge >= 0.3 is 0 Å². The molecule has 0 saturated carbocycles. The predicted molar refractivity (Wildman–Crippen MR) is 120 cm³/mol. The Morgan fingerprint density at radius 3 is 2.52 bits per heavy atom. The van der Waals surface area contributed by atoms with E-state index in [9.17, 15) is 0 Å². The molecule has 0 saturated heterocycles. The summed E-state index contributed by atoms with van der Waals surface area (Å²) in [5.41, 5.74) is 4.84. The van der Waals surface area contributed by atoms with E-state index in [1.54, 1.807) is 0 Å². The standard InChI is InChI=1S/C25H31N3O/c1-19-17-20(18-25-26(2)23-13-8-9-14-24(23)29-25)21-11-6-7-12-22(21)27(19)15-10-16-28(3,4)5/h6-9,11-14,17-18H,10,15-16H2,1-5H3/q+2. The first-order chi connectivity index (χ1) is 13.8. The molecule has 0 N–H and O–H groups in total. The van der Waals surface area contributed by atoms with Gasteiger partial charge in [-0.2, -0.15) is 4.57 Å². The Labute approximate surface area is 173 Å². The maximum absolute atomic E-state index is 6.12. The van der Waals surface area contributed by atoms with E-state index >= 15 is 0 Å². The summed E-state index contributed by atoms with van der Waals surface area (Å²) in [5.74, 6) is 1.77. The average Bonchev–Trinajstić information content (AvgIpc) is 2.99. The minimum Gasteiger partial charge on any atom is -0.439 e. The molecule has 4 rings (SSSR count). The summed E-state index contributed by atoms with van der Waals surface area (Å²) in [4.78, 5) is 2.11. The third-order valence-corrected chi connectivity index (χ3v) is 5.56. The van der Waals surface area contributed by atoms with Crippen molar-refractivity contribution in [2.75, 3.05) is 39.6 Å². The molecule has 4 heteroatoms. The predicted octanol–water partition coefficient (Wildman–Crippen LogP) is 4.36. The number of ether oxygens (including phenoxy) is 1. The fourth-order valence-corrected chi connectivity index (χ4v) is 4.02. The van der Waals surface area contributed by atoms with E-state index in [1.807, 2.05) is 18.2 Å². The lowest BCUT2D eigenvalue weighted by Crippen LogP contribution is -2.42. The van der Waals surface area contributed by atoms with Gasteiger partial charge in [0.2, 0.25) is 11.4 Å². The van der Waals surface area contributed by atoms with Gasteiger partial charge in [0, 0.05) is 32.2 Å². The number of hydrogen-bond acceptors (Lipinski definition) is 2. The van der Waals surface area contributed by atoms with Crippen LogP contribution in [0.1, 0.15) is 17.7 Å². The number of para-hydroxylation sites is 3. The van der Waals surface area contributed by atoms with Crippen molar-refractivity contribution in [3.05, 3.63) is 71.7 Å². The topological polar surface area (TPSA) is 16.4 Å². The Morgan fingerprint density at radius 2 is 1.76 bits per heavy atom. The highest BCUT2D eigenvalue weighted by Crippen LogP contribution is 2.38.